The first-order valence-corrected chi connectivity index (χ1v) is 10.3. The first-order valence-electron chi connectivity index (χ1n) is 10.3. The zero-order valence-corrected chi connectivity index (χ0v) is 16.4. The molecule has 5 atom stereocenters. The number of H-pyrrole nitrogens is 1. The Labute approximate surface area is 168 Å². The van der Waals surface area contributed by atoms with Gasteiger partial charge in [-0.3, -0.25) is 5.10 Å². The number of nitrogens with one attached hydrogen (secondary N) is 3. The van der Waals surface area contributed by atoms with Crippen LogP contribution in [-0.2, 0) is 5.54 Å². The maximum absolute atomic E-state index is 7.97. The summed E-state index contributed by atoms with van der Waals surface area (Å²) in [6.07, 6.45) is 7.02. The number of aromatic nitrogens is 3. The molecule has 0 radical (unpaired) electrons. The van der Waals surface area contributed by atoms with Gasteiger partial charge in [-0.2, -0.15) is 5.10 Å². The van der Waals surface area contributed by atoms with E-state index >= 15 is 0 Å². The van der Waals surface area contributed by atoms with Crippen molar-refractivity contribution in [2.24, 2.45) is 17.8 Å². The van der Waals surface area contributed by atoms with E-state index in [1.807, 2.05) is 6.20 Å². The molecule has 148 valence electrons. The van der Waals surface area contributed by atoms with Gasteiger partial charge in [0.05, 0.1) is 22.9 Å². The van der Waals surface area contributed by atoms with Crippen LogP contribution in [0, 0.1) is 23.2 Å². The molecule has 1 aromatic carbocycles. The number of fused-ring (bicyclic) bond motifs is 8. The van der Waals surface area contributed by atoms with Gasteiger partial charge in [-0.1, -0.05) is 6.07 Å². The van der Waals surface area contributed by atoms with Gasteiger partial charge >= 0.3 is 0 Å². The molecule has 0 saturated heterocycles. The summed E-state index contributed by atoms with van der Waals surface area (Å²) in [6, 6.07) is 6.43. The Kier molecular flexibility index (Phi) is 3.19. The summed E-state index contributed by atoms with van der Waals surface area (Å²) in [5.41, 5.74) is 17.2. The van der Waals surface area contributed by atoms with Crippen molar-refractivity contribution in [3.63, 3.8) is 0 Å². The average molecular weight is 387 g/mol. The van der Waals surface area contributed by atoms with Gasteiger partial charge in [0.15, 0.2) is 5.82 Å². The third-order valence-electron chi connectivity index (χ3n) is 7.84. The van der Waals surface area contributed by atoms with E-state index in [-0.39, 0.29) is 5.54 Å². The molecular weight excluding hydrogens is 362 g/mol. The second kappa shape index (κ2) is 5.49. The number of aromatic amines is 1. The van der Waals surface area contributed by atoms with Gasteiger partial charge < -0.3 is 22.2 Å². The van der Waals surface area contributed by atoms with Crippen molar-refractivity contribution >= 4 is 34.4 Å². The number of rotatable bonds is 2. The van der Waals surface area contributed by atoms with Gasteiger partial charge in [-0.15, -0.1) is 0 Å². The van der Waals surface area contributed by atoms with E-state index in [1.54, 1.807) is 0 Å². The van der Waals surface area contributed by atoms with Gasteiger partial charge in [0, 0.05) is 17.2 Å². The molecule has 3 unspecified atom stereocenters. The van der Waals surface area contributed by atoms with Crippen LogP contribution in [0.3, 0.4) is 0 Å². The maximum atomic E-state index is 7.97. The summed E-state index contributed by atoms with van der Waals surface area (Å²) >= 11 is 0. The molecule has 3 heterocycles. The minimum atomic E-state index is -0.244. The molecule has 3 aliphatic rings. The number of nitrogens with two attached hydrogens (primary N) is 2. The number of nitrogen functional groups attached to an aromatic ring is 2. The highest BCUT2D eigenvalue weighted by Crippen LogP contribution is 2.66. The van der Waals surface area contributed by atoms with Crippen molar-refractivity contribution in [1.29, 1.82) is 5.41 Å². The highest BCUT2D eigenvalue weighted by molar-refractivity contribution is 5.91. The Balaban J connectivity index is 1.59. The molecule has 29 heavy (non-hydrogen) atoms. The smallest absolute Gasteiger partial charge is 0.153 e. The lowest BCUT2D eigenvalue weighted by molar-refractivity contribution is 0.182. The van der Waals surface area contributed by atoms with Gasteiger partial charge in [0.25, 0.3) is 0 Å². The Morgan fingerprint density at radius 2 is 2.03 bits per heavy atom. The van der Waals surface area contributed by atoms with E-state index < -0.39 is 0 Å². The molecule has 2 saturated carbocycles. The summed E-state index contributed by atoms with van der Waals surface area (Å²) in [6.45, 7) is 2.31. The number of benzene rings is 1. The van der Waals surface area contributed by atoms with Crippen LogP contribution in [0.25, 0.3) is 10.9 Å². The first kappa shape index (κ1) is 16.8. The average Bonchev–Trinajstić information content (AvgIpc) is 3.44. The third kappa shape index (κ3) is 2.05. The minimum absolute atomic E-state index is 0.244. The Hall–Kier alpha value is -3.09. The van der Waals surface area contributed by atoms with E-state index in [2.05, 4.69) is 45.6 Å². The molecule has 6 rings (SSSR count). The zero-order chi connectivity index (χ0) is 19.9. The molecule has 7 heteroatoms. The molecule has 3 aromatic rings. The number of pyridine rings is 1. The van der Waals surface area contributed by atoms with Crippen LogP contribution in [0.2, 0.25) is 0 Å². The van der Waals surface area contributed by atoms with Crippen molar-refractivity contribution in [2.75, 3.05) is 16.8 Å². The van der Waals surface area contributed by atoms with Gasteiger partial charge in [0.1, 0.15) is 5.82 Å². The van der Waals surface area contributed by atoms with Crippen LogP contribution < -0.4 is 16.8 Å². The number of anilines is 3. The predicted octanol–water partition coefficient (Wildman–Crippen LogP) is 3.59. The quantitative estimate of drug-likeness (QED) is 0.429. The fraction of sp³-hybridized carbons (Fsp3) is 0.409. The normalized spacial score (nSPS) is 32.0. The van der Waals surface area contributed by atoms with Crippen molar-refractivity contribution < 1.29 is 0 Å². The van der Waals surface area contributed by atoms with E-state index in [0.717, 1.165) is 22.2 Å². The topological polar surface area (TPSA) is 129 Å². The second-order valence-corrected chi connectivity index (χ2v) is 9.11. The van der Waals surface area contributed by atoms with Gasteiger partial charge in [-0.05, 0) is 73.1 Å². The fourth-order valence-corrected chi connectivity index (χ4v) is 6.69. The van der Waals surface area contributed by atoms with Crippen LogP contribution in [0.4, 0.5) is 17.3 Å². The molecular formula is C22H25N7. The van der Waals surface area contributed by atoms with Crippen LogP contribution >= 0.6 is 0 Å². The van der Waals surface area contributed by atoms with Crippen molar-refractivity contribution in [3.05, 3.63) is 41.1 Å². The minimum Gasteiger partial charge on any atom is -0.383 e. The summed E-state index contributed by atoms with van der Waals surface area (Å²) in [4.78, 5) is 4.38. The highest BCUT2D eigenvalue weighted by Gasteiger charge is 2.59. The SMILES string of the molecule is CC1(c2ccc3[nH]nc(N)c3c2)Nc2cnc(N)c(C=N)c2[C@H]2C3CCC(C3)[C@H]21. The van der Waals surface area contributed by atoms with E-state index in [0.29, 0.717) is 35.3 Å². The molecule has 7 nitrogen and oxygen atoms in total. The van der Waals surface area contributed by atoms with E-state index in [1.165, 1.54) is 36.6 Å². The van der Waals surface area contributed by atoms with Crippen molar-refractivity contribution in [2.45, 2.75) is 37.6 Å². The summed E-state index contributed by atoms with van der Waals surface area (Å²) in [7, 11) is 0. The van der Waals surface area contributed by atoms with Crippen molar-refractivity contribution in [3.8, 4) is 0 Å². The second-order valence-electron chi connectivity index (χ2n) is 9.11. The molecule has 2 bridgehead atoms. The Morgan fingerprint density at radius 1 is 1.21 bits per heavy atom. The standard InChI is InChI=1S/C22H25N7/c1-22(12-4-5-15-13(7-12)21(25)29-28-15)19-11-3-2-10(6-11)17(19)18-14(8-23)20(24)26-9-16(18)27-22/h4-5,7-11,17,19,23,27H,2-3,6H2,1H3,(H2,24,26)(H3,25,28,29)/t10?,11?,17-,19-,22?/m1/s1. The number of hydrogen-bond acceptors (Lipinski definition) is 6. The first-order chi connectivity index (χ1) is 14.0. The zero-order valence-electron chi connectivity index (χ0n) is 16.4. The highest BCUT2D eigenvalue weighted by atomic mass is 15.1. The summed E-state index contributed by atoms with van der Waals surface area (Å²) < 4.78 is 0. The largest absolute Gasteiger partial charge is 0.383 e. The predicted molar refractivity (Wildman–Crippen MR) is 115 cm³/mol. The molecule has 7 N–H and O–H groups in total. The van der Waals surface area contributed by atoms with Gasteiger partial charge in [-0.25, -0.2) is 4.98 Å². The molecule has 0 spiro atoms. The maximum Gasteiger partial charge on any atom is 0.153 e. The number of hydrogen-bond donors (Lipinski definition) is 5. The number of nitrogens with zero attached hydrogens (tertiary/aromatic N) is 2. The lowest BCUT2D eigenvalue weighted by atomic mass is 9.61. The third-order valence-corrected chi connectivity index (χ3v) is 7.84. The Bertz CT molecular complexity index is 1170. The fourth-order valence-electron chi connectivity index (χ4n) is 6.69. The molecule has 2 fully saturated rings. The van der Waals surface area contributed by atoms with Crippen LogP contribution in [0.1, 0.15) is 48.8 Å². The van der Waals surface area contributed by atoms with Gasteiger partial charge in [0.2, 0.25) is 0 Å². The molecule has 2 aliphatic carbocycles. The lowest BCUT2D eigenvalue weighted by Crippen LogP contribution is -2.49. The molecule has 1 aliphatic heterocycles. The van der Waals surface area contributed by atoms with Crippen LogP contribution in [-0.4, -0.2) is 21.4 Å². The monoisotopic (exact) mass is 387 g/mol. The molecule has 2 aromatic heterocycles. The summed E-state index contributed by atoms with van der Waals surface area (Å²) in [5.74, 6) is 3.15. The van der Waals surface area contributed by atoms with Crippen LogP contribution in [0.5, 0.6) is 0 Å². The summed E-state index contributed by atoms with van der Waals surface area (Å²) in [5, 5.41) is 19.9. The van der Waals surface area contributed by atoms with Crippen molar-refractivity contribution in [1.82, 2.24) is 15.2 Å². The van der Waals surface area contributed by atoms with E-state index in [9.17, 15) is 0 Å². The van der Waals surface area contributed by atoms with Crippen LogP contribution in [0.15, 0.2) is 24.4 Å². The lowest BCUT2D eigenvalue weighted by Gasteiger charge is -2.50. The van der Waals surface area contributed by atoms with E-state index in [4.69, 9.17) is 16.9 Å². The molecule has 0 amide bonds. The Morgan fingerprint density at radius 3 is 2.86 bits per heavy atom.